The molecule has 4 heteroatoms. The summed E-state index contributed by atoms with van der Waals surface area (Å²) in [5.41, 5.74) is 0. The van der Waals surface area contributed by atoms with Gasteiger partial charge in [-0.15, -0.1) is 11.6 Å². The predicted octanol–water partition coefficient (Wildman–Crippen LogP) is 0.250. The maximum absolute atomic E-state index is 10.9. The SMILES string of the molecule is [2H]C1([2H])CN(CCCl)C(=O)N1. The number of nitrogens with one attached hydrogen (secondary N) is 1. The van der Waals surface area contributed by atoms with E-state index in [1.54, 1.807) is 0 Å². The molecule has 0 saturated carbocycles. The van der Waals surface area contributed by atoms with Crippen molar-refractivity contribution in [3.05, 3.63) is 0 Å². The van der Waals surface area contributed by atoms with Crippen LogP contribution in [0.1, 0.15) is 2.74 Å². The van der Waals surface area contributed by atoms with E-state index in [0.717, 1.165) is 0 Å². The van der Waals surface area contributed by atoms with Gasteiger partial charge in [0.1, 0.15) is 0 Å². The minimum absolute atomic E-state index is 0.0819. The molecule has 0 bridgehead atoms. The zero-order valence-electron chi connectivity index (χ0n) is 6.85. The highest BCUT2D eigenvalue weighted by Gasteiger charge is 2.17. The fourth-order valence-electron chi connectivity index (χ4n) is 0.644. The van der Waals surface area contributed by atoms with Crippen LogP contribution in [0.15, 0.2) is 0 Å². The van der Waals surface area contributed by atoms with Crippen LogP contribution < -0.4 is 5.32 Å². The van der Waals surface area contributed by atoms with Crippen molar-refractivity contribution < 1.29 is 7.54 Å². The van der Waals surface area contributed by atoms with Gasteiger partial charge in [-0.3, -0.25) is 0 Å². The van der Waals surface area contributed by atoms with E-state index in [1.807, 2.05) is 0 Å². The van der Waals surface area contributed by atoms with Crippen molar-refractivity contribution in [2.75, 3.05) is 25.5 Å². The van der Waals surface area contributed by atoms with Gasteiger partial charge in [0.2, 0.25) is 0 Å². The van der Waals surface area contributed by atoms with Gasteiger partial charge in [0.25, 0.3) is 0 Å². The lowest BCUT2D eigenvalue weighted by Gasteiger charge is -2.10. The molecule has 1 aliphatic rings. The summed E-state index contributed by atoms with van der Waals surface area (Å²) in [7, 11) is 0. The summed E-state index contributed by atoms with van der Waals surface area (Å²) in [6.07, 6.45) is 0. The number of urea groups is 1. The van der Waals surface area contributed by atoms with Crippen LogP contribution in [0.25, 0.3) is 0 Å². The third kappa shape index (κ3) is 1.48. The lowest BCUT2D eigenvalue weighted by Crippen LogP contribution is -2.29. The summed E-state index contributed by atoms with van der Waals surface area (Å²) in [5.74, 6) is 0.337. The highest BCUT2D eigenvalue weighted by molar-refractivity contribution is 6.18. The van der Waals surface area contributed by atoms with Crippen LogP contribution in [-0.4, -0.2) is 36.4 Å². The molecule has 0 aromatic carbocycles. The van der Waals surface area contributed by atoms with Crippen molar-refractivity contribution in [3.63, 3.8) is 0 Å². The number of hydrogen-bond donors (Lipinski definition) is 1. The number of amides is 2. The summed E-state index contributed by atoms with van der Waals surface area (Å²) in [6, 6.07) is -0.379. The quantitative estimate of drug-likeness (QED) is 0.563. The number of alkyl halides is 1. The number of nitrogens with zero attached hydrogens (tertiary/aromatic N) is 1. The van der Waals surface area contributed by atoms with Crippen LogP contribution in [-0.2, 0) is 0 Å². The molecule has 0 radical (unpaired) electrons. The molecule has 1 fully saturated rings. The molecule has 3 nitrogen and oxygen atoms in total. The molecule has 0 aromatic rings. The molecule has 1 N–H and O–H groups in total. The van der Waals surface area contributed by atoms with E-state index in [1.165, 1.54) is 4.90 Å². The van der Waals surface area contributed by atoms with Crippen molar-refractivity contribution in [3.8, 4) is 0 Å². The zero-order chi connectivity index (χ0) is 8.48. The third-order valence-electron chi connectivity index (χ3n) is 1.11. The predicted molar refractivity (Wildman–Crippen MR) is 35.7 cm³/mol. The largest absolute Gasteiger partial charge is 0.336 e. The number of rotatable bonds is 2. The molecular weight excluding hydrogens is 140 g/mol. The smallest absolute Gasteiger partial charge is 0.317 e. The lowest BCUT2D eigenvalue weighted by atomic mass is 10.6. The number of hydrogen-bond acceptors (Lipinski definition) is 1. The van der Waals surface area contributed by atoms with Gasteiger partial charge in [-0.05, 0) is 0 Å². The second-order valence-electron chi connectivity index (χ2n) is 1.72. The third-order valence-corrected chi connectivity index (χ3v) is 1.28. The summed E-state index contributed by atoms with van der Waals surface area (Å²) in [6.45, 7) is -1.12. The van der Waals surface area contributed by atoms with E-state index in [2.05, 4.69) is 5.32 Å². The fraction of sp³-hybridized carbons (Fsp3) is 0.800. The zero-order valence-corrected chi connectivity index (χ0v) is 5.61. The van der Waals surface area contributed by atoms with Crippen LogP contribution in [0.2, 0.25) is 0 Å². The van der Waals surface area contributed by atoms with Crippen LogP contribution in [0.3, 0.4) is 0 Å². The van der Waals surface area contributed by atoms with E-state index in [9.17, 15) is 4.79 Å². The van der Waals surface area contributed by atoms with Crippen LogP contribution in [0, 0.1) is 0 Å². The van der Waals surface area contributed by atoms with Gasteiger partial charge >= 0.3 is 6.03 Å². The summed E-state index contributed by atoms with van der Waals surface area (Å²) >= 11 is 5.40. The molecule has 0 aromatic heterocycles. The van der Waals surface area contributed by atoms with Gasteiger partial charge in [0.05, 0.1) is 2.74 Å². The fourth-order valence-corrected chi connectivity index (χ4v) is 0.848. The van der Waals surface area contributed by atoms with Crippen molar-refractivity contribution in [2.24, 2.45) is 0 Å². The van der Waals surface area contributed by atoms with E-state index < -0.39 is 6.50 Å². The topological polar surface area (TPSA) is 32.3 Å². The lowest BCUT2D eigenvalue weighted by molar-refractivity contribution is 0.220. The first-order valence-electron chi connectivity index (χ1n) is 3.68. The van der Waals surface area contributed by atoms with E-state index >= 15 is 0 Å². The average molecular weight is 151 g/mol. The first-order valence-corrected chi connectivity index (χ1v) is 3.22. The highest BCUT2D eigenvalue weighted by Crippen LogP contribution is 1.95. The summed E-state index contributed by atoms with van der Waals surface area (Å²) < 4.78 is 14.4. The Labute approximate surface area is 61.8 Å². The first-order chi connectivity index (χ1) is 5.05. The first kappa shape index (κ1) is 4.39. The number of halogens is 1. The molecule has 0 atom stereocenters. The Balaban J connectivity index is 2.52. The molecule has 0 aliphatic carbocycles. The Bertz CT molecular complexity index is 176. The van der Waals surface area contributed by atoms with Gasteiger partial charge in [-0.1, -0.05) is 0 Å². The number of carbonyl (C=O) groups is 1. The second kappa shape index (κ2) is 2.92. The molecule has 0 spiro atoms. The Kier molecular flexibility index (Phi) is 1.42. The average Bonchev–Trinajstić information content (AvgIpc) is 2.07. The number of carbonyl (C=O) groups excluding carboxylic acids is 1. The van der Waals surface area contributed by atoms with Crippen molar-refractivity contribution in [2.45, 2.75) is 0 Å². The van der Waals surface area contributed by atoms with Gasteiger partial charge in [0.15, 0.2) is 0 Å². The molecule has 1 heterocycles. The highest BCUT2D eigenvalue weighted by atomic mass is 35.5. The maximum atomic E-state index is 10.9. The van der Waals surface area contributed by atoms with Gasteiger partial charge in [-0.25, -0.2) is 4.79 Å². The van der Waals surface area contributed by atoms with Gasteiger partial charge in [-0.2, -0.15) is 0 Å². The maximum Gasteiger partial charge on any atom is 0.317 e. The molecule has 1 rings (SSSR count). The monoisotopic (exact) mass is 150 g/mol. The van der Waals surface area contributed by atoms with Crippen LogP contribution >= 0.6 is 11.6 Å². The van der Waals surface area contributed by atoms with Crippen LogP contribution in [0.5, 0.6) is 0 Å². The Morgan fingerprint density at radius 3 is 3.22 bits per heavy atom. The molecule has 1 saturated heterocycles. The van der Waals surface area contributed by atoms with Crippen molar-refractivity contribution >= 4 is 17.6 Å². The van der Waals surface area contributed by atoms with Crippen LogP contribution in [0.4, 0.5) is 4.79 Å². The summed E-state index contributed by atoms with van der Waals surface area (Å²) in [5, 5.41) is 2.19. The van der Waals surface area contributed by atoms with Gasteiger partial charge in [0, 0.05) is 25.5 Å². The van der Waals surface area contributed by atoms with E-state index in [4.69, 9.17) is 14.3 Å². The Hall–Kier alpha value is -0.440. The van der Waals surface area contributed by atoms with E-state index in [0.29, 0.717) is 12.4 Å². The minimum Gasteiger partial charge on any atom is -0.336 e. The summed E-state index contributed by atoms with van der Waals surface area (Å²) in [4.78, 5) is 12.3. The molecule has 1 aliphatic heterocycles. The normalized spacial score (nSPS) is 27.2. The molecule has 9 heavy (non-hydrogen) atoms. The molecule has 0 unspecified atom stereocenters. The van der Waals surface area contributed by atoms with E-state index in [-0.39, 0.29) is 12.6 Å². The molecule has 52 valence electrons. The minimum atomic E-state index is -1.59. The Morgan fingerprint density at radius 2 is 2.78 bits per heavy atom. The Morgan fingerprint density at radius 1 is 2.00 bits per heavy atom. The molecular formula is C5H9ClN2O. The second-order valence-corrected chi connectivity index (χ2v) is 2.10. The van der Waals surface area contributed by atoms with Crippen molar-refractivity contribution in [1.82, 2.24) is 10.2 Å². The van der Waals surface area contributed by atoms with Crippen molar-refractivity contribution in [1.29, 1.82) is 0 Å². The van der Waals surface area contributed by atoms with Gasteiger partial charge < -0.3 is 10.2 Å². The standard InChI is InChI=1S/C5H9ClN2O/c6-1-3-8-4-2-7-5(8)9/h1-4H2,(H,7,9)/i2D2. The molecule has 2 amide bonds.